The third-order valence-corrected chi connectivity index (χ3v) is 5.09. The third kappa shape index (κ3) is 5.05. The van der Waals surface area contributed by atoms with Crippen molar-refractivity contribution in [1.82, 2.24) is 10.6 Å². The van der Waals surface area contributed by atoms with E-state index < -0.39 is 0 Å². The minimum atomic E-state index is -0.0847. The molecule has 1 aromatic carbocycles. The first kappa shape index (κ1) is 19.3. The maximum Gasteiger partial charge on any atom is 0.315 e. The van der Waals surface area contributed by atoms with E-state index in [0.29, 0.717) is 12.2 Å². The number of aryl methyl sites for hydroxylation is 1. The molecule has 2 heterocycles. The molecule has 27 heavy (non-hydrogen) atoms. The maximum absolute atomic E-state index is 12.3. The Morgan fingerprint density at radius 3 is 2.67 bits per heavy atom. The second-order valence-electron chi connectivity index (χ2n) is 7.27. The van der Waals surface area contributed by atoms with E-state index in [-0.39, 0.29) is 30.8 Å². The first-order valence-electron chi connectivity index (χ1n) is 9.86. The lowest BCUT2D eigenvalue weighted by molar-refractivity contribution is -0.116. The zero-order valence-electron chi connectivity index (χ0n) is 16.1. The number of unbranched alkanes of at least 4 members (excludes halogenated alkanes) is 2. The number of hydrogen-bond donors (Lipinski definition) is 3. The SMILES string of the molecule is CCCc1cc2c(cc1NC(=O)CCCCCC1NC(=O)NC1C)OCO2. The molecule has 0 aromatic heterocycles. The van der Waals surface area contributed by atoms with E-state index in [1.54, 1.807) is 0 Å². The number of ether oxygens (including phenoxy) is 2. The molecule has 0 spiro atoms. The van der Waals surface area contributed by atoms with Gasteiger partial charge < -0.3 is 25.4 Å². The summed E-state index contributed by atoms with van der Waals surface area (Å²) in [6.45, 7) is 4.35. The van der Waals surface area contributed by atoms with Gasteiger partial charge in [-0.15, -0.1) is 0 Å². The van der Waals surface area contributed by atoms with Crippen molar-refractivity contribution in [1.29, 1.82) is 0 Å². The van der Waals surface area contributed by atoms with Gasteiger partial charge in [-0.2, -0.15) is 0 Å². The fourth-order valence-electron chi connectivity index (χ4n) is 3.58. The largest absolute Gasteiger partial charge is 0.454 e. The number of carbonyl (C=O) groups excluding carboxylic acids is 2. The molecule has 2 aliphatic heterocycles. The predicted octanol–water partition coefficient (Wildman–Crippen LogP) is 3.33. The van der Waals surface area contributed by atoms with Gasteiger partial charge in [0.2, 0.25) is 12.7 Å². The Labute approximate surface area is 160 Å². The van der Waals surface area contributed by atoms with E-state index in [0.717, 1.165) is 55.5 Å². The summed E-state index contributed by atoms with van der Waals surface area (Å²) in [6, 6.07) is 4.11. The number of carbonyl (C=O) groups is 2. The molecule has 7 nitrogen and oxygen atoms in total. The van der Waals surface area contributed by atoms with Gasteiger partial charge in [0.05, 0.1) is 6.04 Å². The molecular weight excluding hydrogens is 346 g/mol. The van der Waals surface area contributed by atoms with Gasteiger partial charge in [-0.3, -0.25) is 4.79 Å². The molecule has 2 aliphatic rings. The normalized spacial score (nSPS) is 20.3. The molecule has 0 radical (unpaired) electrons. The van der Waals surface area contributed by atoms with E-state index in [2.05, 4.69) is 22.9 Å². The number of urea groups is 1. The topological polar surface area (TPSA) is 88.7 Å². The van der Waals surface area contributed by atoms with E-state index >= 15 is 0 Å². The monoisotopic (exact) mass is 375 g/mol. The molecule has 1 fully saturated rings. The van der Waals surface area contributed by atoms with Crippen LogP contribution in [-0.4, -0.2) is 30.8 Å². The molecule has 0 aliphatic carbocycles. The highest BCUT2D eigenvalue weighted by Crippen LogP contribution is 2.37. The molecule has 1 aromatic rings. The third-order valence-electron chi connectivity index (χ3n) is 5.09. The smallest absolute Gasteiger partial charge is 0.315 e. The number of benzene rings is 1. The lowest BCUT2D eigenvalue weighted by atomic mass is 10.0. The summed E-state index contributed by atoms with van der Waals surface area (Å²) < 4.78 is 10.9. The van der Waals surface area contributed by atoms with Crippen molar-refractivity contribution in [3.63, 3.8) is 0 Å². The summed E-state index contributed by atoms with van der Waals surface area (Å²) in [4.78, 5) is 23.6. The Bertz CT molecular complexity index is 692. The second kappa shape index (κ2) is 8.97. The maximum atomic E-state index is 12.3. The Balaban J connectivity index is 1.42. The number of hydrogen-bond acceptors (Lipinski definition) is 4. The van der Waals surface area contributed by atoms with Crippen molar-refractivity contribution in [3.8, 4) is 11.5 Å². The first-order chi connectivity index (χ1) is 13.1. The molecule has 148 valence electrons. The molecule has 2 unspecified atom stereocenters. The number of rotatable bonds is 9. The predicted molar refractivity (Wildman–Crippen MR) is 103 cm³/mol. The fraction of sp³-hybridized carbons (Fsp3) is 0.600. The van der Waals surface area contributed by atoms with Crippen LogP contribution < -0.4 is 25.4 Å². The minimum absolute atomic E-state index is 0.0235. The zero-order chi connectivity index (χ0) is 19.2. The highest BCUT2D eigenvalue weighted by Gasteiger charge is 2.26. The van der Waals surface area contributed by atoms with Crippen molar-refractivity contribution in [2.24, 2.45) is 0 Å². The molecule has 3 amide bonds. The Morgan fingerprint density at radius 1 is 1.19 bits per heavy atom. The fourth-order valence-corrected chi connectivity index (χ4v) is 3.58. The first-order valence-corrected chi connectivity index (χ1v) is 9.86. The molecule has 3 N–H and O–H groups in total. The number of fused-ring (bicyclic) bond motifs is 1. The summed E-state index contributed by atoms with van der Waals surface area (Å²) in [5.41, 5.74) is 1.90. The van der Waals surface area contributed by atoms with Gasteiger partial charge in [0, 0.05) is 24.2 Å². The standard InChI is InChI=1S/C20H29N3O4/c1-3-7-14-10-17-18(27-12-26-17)11-16(14)22-19(24)9-6-4-5-8-15-13(2)21-20(25)23-15/h10-11,13,15H,3-9,12H2,1-2H3,(H,22,24)(H2,21,23,25). The number of nitrogens with one attached hydrogen (secondary N) is 3. The van der Waals surface area contributed by atoms with Gasteiger partial charge in [-0.25, -0.2) is 4.79 Å². The Morgan fingerprint density at radius 2 is 1.96 bits per heavy atom. The van der Waals surface area contributed by atoms with Crippen molar-refractivity contribution in [2.45, 2.75) is 70.9 Å². The van der Waals surface area contributed by atoms with E-state index in [1.165, 1.54) is 0 Å². The lowest BCUT2D eigenvalue weighted by Gasteiger charge is -2.14. The van der Waals surface area contributed by atoms with Crippen molar-refractivity contribution < 1.29 is 19.1 Å². The highest BCUT2D eigenvalue weighted by molar-refractivity contribution is 5.92. The second-order valence-corrected chi connectivity index (χ2v) is 7.27. The summed E-state index contributed by atoms with van der Waals surface area (Å²) in [5.74, 6) is 1.46. The van der Waals surface area contributed by atoms with Crippen LogP contribution in [0.25, 0.3) is 0 Å². The van der Waals surface area contributed by atoms with Crippen molar-refractivity contribution in [3.05, 3.63) is 17.7 Å². The minimum Gasteiger partial charge on any atom is -0.454 e. The summed E-state index contributed by atoms with van der Waals surface area (Å²) in [5, 5.41) is 8.80. The highest BCUT2D eigenvalue weighted by atomic mass is 16.7. The van der Waals surface area contributed by atoms with Crippen LogP contribution in [-0.2, 0) is 11.2 Å². The van der Waals surface area contributed by atoms with Crippen LogP contribution in [0.5, 0.6) is 11.5 Å². The average molecular weight is 375 g/mol. The molecule has 0 bridgehead atoms. The van der Waals surface area contributed by atoms with Crippen LogP contribution in [0.4, 0.5) is 10.5 Å². The van der Waals surface area contributed by atoms with E-state index in [4.69, 9.17) is 9.47 Å². The van der Waals surface area contributed by atoms with Crippen LogP contribution in [0.15, 0.2) is 12.1 Å². The number of amides is 3. The average Bonchev–Trinajstić information content (AvgIpc) is 3.20. The summed E-state index contributed by atoms with van der Waals surface area (Å²) in [6.07, 6.45) is 6.10. The van der Waals surface area contributed by atoms with Crippen molar-refractivity contribution >= 4 is 17.6 Å². The van der Waals surface area contributed by atoms with Crippen LogP contribution in [0.1, 0.15) is 57.9 Å². The van der Waals surface area contributed by atoms with Gasteiger partial charge in [-0.05, 0) is 37.8 Å². The van der Waals surface area contributed by atoms with Gasteiger partial charge in [0.25, 0.3) is 0 Å². The Hall–Kier alpha value is -2.44. The molecule has 3 rings (SSSR count). The van der Waals surface area contributed by atoms with Gasteiger partial charge >= 0.3 is 6.03 Å². The van der Waals surface area contributed by atoms with Gasteiger partial charge in [-0.1, -0.05) is 26.2 Å². The quantitative estimate of drug-likeness (QED) is 0.578. The van der Waals surface area contributed by atoms with E-state index in [1.807, 2.05) is 19.1 Å². The summed E-state index contributed by atoms with van der Waals surface area (Å²) in [7, 11) is 0. The molecule has 2 atom stereocenters. The van der Waals surface area contributed by atoms with Crippen LogP contribution >= 0.6 is 0 Å². The van der Waals surface area contributed by atoms with Crippen LogP contribution in [0.2, 0.25) is 0 Å². The molecule has 7 heteroatoms. The van der Waals surface area contributed by atoms with Gasteiger partial charge in [0.15, 0.2) is 11.5 Å². The van der Waals surface area contributed by atoms with Crippen LogP contribution in [0, 0.1) is 0 Å². The molecular formula is C20H29N3O4. The van der Waals surface area contributed by atoms with Gasteiger partial charge in [0.1, 0.15) is 0 Å². The number of anilines is 1. The lowest BCUT2D eigenvalue weighted by Crippen LogP contribution is -2.30. The summed E-state index contributed by atoms with van der Waals surface area (Å²) >= 11 is 0. The Kier molecular flexibility index (Phi) is 6.42. The van der Waals surface area contributed by atoms with E-state index in [9.17, 15) is 9.59 Å². The zero-order valence-corrected chi connectivity index (χ0v) is 16.1. The van der Waals surface area contributed by atoms with Crippen LogP contribution in [0.3, 0.4) is 0 Å². The molecule has 0 saturated carbocycles. The molecule has 1 saturated heterocycles. The van der Waals surface area contributed by atoms with Crippen molar-refractivity contribution in [2.75, 3.05) is 12.1 Å².